The molecule has 2 aromatic carbocycles. The van der Waals surface area contributed by atoms with Gasteiger partial charge in [0.05, 0.1) is 11.3 Å². The van der Waals surface area contributed by atoms with Crippen LogP contribution in [0.1, 0.15) is 43.1 Å². The molecule has 0 fully saturated rings. The zero-order valence-electron chi connectivity index (χ0n) is 16.3. The molecule has 0 saturated carbocycles. The molecule has 0 saturated heterocycles. The zero-order chi connectivity index (χ0) is 21.0. The van der Waals surface area contributed by atoms with Crippen LogP contribution in [-0.2, 0) is 9.53 Å². The van der Waals surface area contributed by atoms with Crippen LogP contribution >= 0.6 is 0 Å². The van der Waals surface area contributed by atoms with E-state index in [1.165, 1.54) is 12.1 Å². The molecule has 0 spiro atoms. The zero-order valence-corrected chi connectivity index (χ0v) is 16.3. The Morgan fingerprint density at radius 3 is 2.38 bits per heavy atom. The topological polar surface area (TPSA) is 98.5 Å². The van der Waals surface area contributed by atoms with Crippen LogP contribution < -0.4 is 5.32 Å². The number of esters is 1. The summed E-state index contributed by atoms with van der Waals surface area (Å²) in [5.74, 6) is -1.45. The smallest absolute Gasteiger partial charge is 0.339 e. The van der Waals surface area contributed by atoms with E-state index in [2.05, 4.69) is 10.5 Å². The van der Waals surface area contributed by atoms with Crippen LogP contribution in [0.3, 0.4) is 0 Å². The molecule has 1 aromatic heterocycles. The van der Waals surface area contributed by atoms with E-state index < -0.39 is 18.5 Å². The number of nitrogens with zero attached hydrogens (tertiary/aromatic N) is 1. The second kappa shape index (κ2) is 8.52. The number of benzene rings is 2. The van der Waals surface area contributed by atoms with Crippen molar-refractivity contribution in [3.8, 4) is 0 Å². The van der Waals surface area contributed by atoms with E-state index in [9.17, 15) is 14.4 Å². The lowest BCUT2D eigenvalue weighted by Crippen LogP contribution is -2.22. The molecule has 1 heterocycles. The molecule has 148 valence electrons. The van der Waals surface area contributed by atoms with Gasteiger partial charge in [0.15, 0.2) is 12.4 Å². The third-order valence-electron chi connectivity index (χ3n) is 4.25. The molecule has 3 aromatic rings. The summed E-state index contributed by atoms with van der Waals surface area (Å²) in [5.41, 5.74) is 3.20. The summed E-state index contributed by atoms with van der Waals surface area (Å²) in [6.45, 7) is 4.92. The molecular weight excluding hydrogens is 372 g/mol. The summed E-state index contributed by atoms with van der Waals surface area (Å²) >= 11 is 0. The molecular formula is C22H20N2O5. The number of ketones is 1. The minimum absolute atomic E-state index is 0.0988. The maximum absolute atomic E-state index is 13.0. The predicted octanol–water partition coefficient (Wildman–Crippen LogP) is 3.63. The van der Waals surface area contributed by atoms with Crippen molar-refractivity contribution < 1.29 is 23.6 Å². The van der Waals surface area contributed by atoms with Gasteiger partial charge in [0, 0.05) is 17.2 Å². The SMILES string of the molecule is Cc1ccc(C)c(C(=O)c2ccccc2C(=O)OCC(=O)Nc2cc(C)no2)c1. The quantitative estimate of drug-likeness (QED) is 0.508. The highest BCUT2D eigenvalue weighted by Gasteiger charge is 2.21. The van der Waals surface area contributed by atoms with Gasteiger partial charge in [-0.2, -0.15) is 0 Å². The molecule has 0 radical (unpaired) electrons. The minimum atomic E-state index is -0.761. The number of anilines is 1. The van der Waals surface area contributed by atoms with Crippen molar-refractivity contribution in [3.63, 3.8) is 0 Å². The molecule has 0 unspecified atom stereocenters. The summed E-state index contributed by atoms with van der Waals surface area (Å²) in [7, 11) is 0. The number of carbonyl (C=O) groups is 3. The Balaban J connectivity index is 1.74. The molecule has 0 aliphatic heterocycles. The van der Waals surface area contributed by atoms with Crippen LogP contribution in [0.2, 0.25) is 0 Å². The van der Waals surface area contributed by atoms with Crippen LogP contribution in [0.4, 0.5) is 5.88 Å². The molecule has 0 aliphatic carbocycles. The van der Waals surface area contributed by atoms with Crippen LogP contribution in [0.25, 0.3) is 0 Å². The van der Waals surface area contributed by atoms with Crippen molar-refractivity contribution in [2.45, 2.75) is 20.8 Å². The third kappa shape index (κ3) is 4.76. The Morgan fingerprint density at radius 2 is 1.69 bits per heavy atom. The van der Waals surface area contributed by atoms with E-state index in [4.69, 9.17) is 9.26 Å². The first-order valence-electron chi connectivity index (χ1n) is 8.96. The van der Waals surface area contributed by atoms with Gasteiger partial charge < -0.3 is 9.26 Å². The average Bonchev–Trinajstić information content (AvgIpc) is 3.12. The van der Waals surface area contributed by atoms with E-state index in [0.717, 1.165) is 11.1 Å². The second-order valence-electron chi connectivity index (χ2n) is 6.65. The molecule has 7 heteroatoms. The maximum atomic E-state index is 13.0. The summed E-state index contributed by atoms with van der Waals surface area (Å²) < 4.78 is 9.96. The van der Waals surface area contributed by atoms with Gasteiger partial charge in [-0.15, -0.1) is 0 Å². The van der Waals surface area contributed by atoms with E-state index in [0.29, 0.717) is 11.3 Å². The first-order valence-corrected chi connectivity index (χ1v) is 8.96. The summed E-state index contributed by atoms with van der Waals surface area (Å²) in [5, 5.41) is 6.08. The molecule has 1 amide bonds. The van der Waals surface area contributed by atoms with Crippen molar-refractivity contribution in [2.24, 2.45) is 0 Å². The fraction of sp³-hybridized carbons (Fsp3) is 0.182. The molecule has 3 rings (SSSR count). The lowest BCUT2D eigenvalue weighted by molar-refractivity contribution is -0.119. The third-order valence-corrected chi connectivity index (χ3v) is 4.25. The number of rotatable bonds is 6. The van der Waals surface area contributed by atoms with Crippen molar-refractivity contribution >= 4 is 23.5 Å². The van der Waals surface area contributed by atoms with Crippen molar-refractivity contribution in [3.05, 3.63) is 82.0 Å². The number of aromatic nitrogens is 1. The number of aryl methyl sites for hydroxylation is 3. The molecule has 0 aliphatic rings. The van der Waals surface area contributed by atoms with E-state index >= 15 is 0 Å². The Hall–Kier alpha value is -3.74. The fourth-order valence-corrected chi connectivity index (χ4v) is 2.79. The van der Waals surface area contributed by atoms with Crippen LogP contribution in [0, 0.1) is 20.8 Å². The van der Waals surface area contributed by atoms with Gasteiger partial charge in [-0.3, -0.25) is 14.9 Å². The number of hydrogen-bond acceptors (Lipinski definition) is 6. The van der Waals surface area contributed by atoms with E-state index in [-0.39, 0.29) is 22.8 Å². The molecule has 0 atom stereocenters. The van der Waals surface area contributed by atoms with Gasteiger partial charge in [-0.05, 0) is 38.5 Å². The summed E-state index contributed by atoms with van der Waals surface area (Å²) in [4.78, 5) is 37.5. The van der Waals surface area contributed by atoms with Crippen LogP contribution in [0.15, 0.2) is 53.1 Å². The van der Waals surface area contributed by atoms with E-state index in [1.807, 2.05) is 26.0 Å². The number of nitrogens with one attached hydrogen (secondary N) is 1. The highest BCUT2D eigenvalue weighted by Crippen LogP contribution is 2.19. The Morgan fingerprint density at radius 1 is 0.966 bits per heavy atom. The van der Waals surface area contributed by atoms with Crippen LogP contribution in [-0.4, -0.2) is 29.4 Å². The second-order valence-corrected chi connectivity index (χ2v) is 6.65. The Bertz CT molecular complexity index is 1080. The van der Waals surface area contributed by atoms with Crippen molar-refractivity contribution in [1.82, 2.24) is 5.16 Å². The molecule has 1 N–H and O–H groups in total. The first-order chi connectivity index (χ1) is 13.8. The van der Waals surface area contributed by atoms with Gasteiger partial charge in [-0.25, -0.2) is 4.79 Å². The number of amides is 1. The normalized spacial score (nSPS) is 10.4. The number of hydrogen-bond donors (Lipinski definition) is 1. The van der Waals surface area contributed by atoms with E-state index in [1.54, 1.807) is 31.2 Å². The summed E-state index contributed by atoms with van der Waals surface area (Å²) in [6.07, 6.45) is 0. The minimum Gasteiger partial charge on any atom is -0.452 e. The Kier molecular flexibility index (Phi) is 5.87. The highest BCUT2D eigenvalue weighted by atomic mass is 16.5. The number of ether oxygens (including phenoxy) is 1. The van der Waals surface area contributed by atoms with Crippen molar-refractivity contribution in [1.29, 1.82) is 0 Å². The average molecular weight is 392 g/mol. The fourth-order valence-electron chi connectivity index (χ4n) is 2.79. The Labute approximate surface area is 167 Å². The van der Waals surface area contributed by atoms with Gasteiger partial charge >= 0.3 is 5.97 Å². The van der Waals surface area contributed by atoms with Gasteiger partial charge in [0.1, 0.15) is 0 Å². The van der Waals surface area contributed by atoms with Crippen molar-refractivity contribution in [2.75, 3.05) is 11.9 Å². The molecule has 29 heavy (non-hydrogen) atoms. The van der Waals surface area contributed by atoms with Gasteiger partial charge in [0.25, 0.3) is 5.91 Å². The first kappa shape index (κ1) is 20.0. The lowest BCUT2D eigenvalue weighted by atomic mass is 9.94. The maximum Gasteiger partial charge on any atom is 0.339 e. The molecule has 0 bridgehead atoms. The largest absolute Gasteiger partial charge is 0.452 e. The van der Waals surface area contributed by atoms with Gasteiger partial charge in [-0.1, -0.05) is 41.1 Å². The standard InChI is InChI=1S/C22H20N2O5/c1-13-8-9-14(2)18(10-13)21(26)16-6-4-5-7-17(16)22(27)28-12-19(25)23-20-11-15(3)24-29-20/h4-11H,12H2,1-3H3,(H,23,25). The van der Waals surface area contributed by atoms with Crippen LogP contribution in [0.5, 0.6) is 0 Å². The highest BCUT2D eigenvalue weighted by molar-refractivity contribution is 6.15. The monoisotopic (exact) mass is 392 g/mol. The molecule has 7 nitrogen and oxygen atoms in total. The number of carbonyl (C=O) groups excluding carboxylic acids is 3. The van der Waals surface area contributed by atoms with Gasteiger partial charge in [0.2, 0.25) is 5.88 Å². The predicted molar refractivity (Wildman–Crippen MR) is 106 cm³/mol. The summed E-state index contributed by atoms with van der Waals surface area (Å²) in [6, 6.07) is 13.5. The lowest BCUT2D eigenvalue weighted by Gasteiger charge is -2.11.